The van der Waals surface area contributed by atoms with Crippen molar-refractivity contribution in [2.45, 2.75) is 0 Å². The maximum absolute atomic E-state index is 13.0. The standard InChI is InChI=1S/C13H15FN4O2/c1-16(2)11-10(15)12(19)17(3)13(20)18(11)9-6-4-8(14)5-7-9/h4-7H,15H2,1-3H3. The van der Waals surface area contributed by atoms with E-state index in [1.807, 2.05) is 0 Å². The Morgan fingerprint density at radius 2 is 1.70 bits per heavy atom. The fourth-order valence-electron chi connectivity index (χ4n) is 1.99. The number of rotatable bonds is 2. The Kier molecular flexibility index (Phi) is 3.35. The lowest BCUT2D eigenvalue weighted by molar-refractivity contribution is 0.627. The van der Waals surface area contributed by atoms with Crippen LogP contribution in [0, 0.1) is 5.82 Å². The molecule has 7 heteroatoms. The van der Waals surface area contributed by atoms with Gasteiger partial charge in [0.2, 0.25) is 0 Å². The van der Waals surface area contributed by atoms with Crippen molar-refractivity contribution in [3.63, 3.8) is 0 Å². The molecule has 20 heavy (non-hydrogen) atoms. The first-order valence-corrected chi connectivity index (χ1v) is 5.89. The number of aromatic nitrogens is 2. The second kappa shape index (κ2) is 4.84. The zero-order valence-corrected chi connectivity index (χ0v) is 11.4. The van der Waals surface area contributed by atoms with Crippen LogP contribution in [0.15, 0.2) is 33.9 Å². The fourth-order valence-corrected chi connectivity index (χ4v) is 1.99. The third-order valence-electron chi connectivity index (χ3n) is 2.97. The third-order valence-corrected chi connectivity index (χ3v) is 2.97. The molecule has 0 saturated heterocycles. The maximum atomic E-state index is 13.0. The van der Waals surface area contributed by atoms with E-state index in [1.54, 1.807) is 19.0 Å². The molecule has 1 heterocycles. The molecule has 0 bridgehead atoms. The Labute approximate surface area is 114 Å². The summed E-state index contributed by atoms with van der Waals surface area (Å²) in [6.45, 7) is 0. The molecule has 0 saturated carbocycles. The van der Waals surface area contributed by atoms with Gasteiger partial charge in [-0.25, -0.2) is 13.8 Å². The van der Waals surface area contributed by atoms with Gasteiger partial charge < -0.3 is 10.6 Å². The summed E-state index contributed by atoms with van der Waals surface area (Å²) >= 11 is 0. The second-order valence-electron chi connectivity index (χ2n) is 4.59. The van der Waals surface area contributed by atoms with Crippen LogP contribution in [-0.4, -0.2) is 23.2 Å². The molecule has 0 unspecified atom stereocenters. The monoisotopic (exact) mass is 278 g/mol. The molecule has 106 valence electrons. The van der Waals surface area contributed by atoms with Crippen molar-refractivity contribution >= 4 is 11.5 Å². The van der Waals surface area contributed by atoms with E-state index in [2.05, 4.69) is 0 Å². The van der Waals surface area contributed by atoms with Crippen LogP contribution >= 0.6 is 0 Å². The van der Waals surface area contributed by atoms with Crippen LogP contribution in [0.3, 0.4) is 0 Å². The molecule has 2 N–H and O–H groups in total. The Balaban J connectivity index is 2.91. The van der Waals surface area contributed by atoms with Crippen LogP contribution in [0.25, 0.3) is 5.69 Å². The molecule has 1 aromatic carbocycles. The molecule has 0 fully saturated rings. The predicted octanol–water partition coefficient (Wildman–Crippen LogP) is 0.323. The van der Waals surface area contributed by atoms with E-state index in [0.717, 1.165) is 4.57 Å². The highest BCUT2D eigenvalue weighted by Crippen LogP contribution is 2.19. The minimum Gasteiger partial charge on any atom is -0.391 e. The Morgan fingerprint density at radius 3 is 2.20 bits per heavy atom. The van der Waals surface area contributed by atoms with Crippen LogP contribution in [0.1, 0.15) is 0 Å². The first-order valence-electron chi connectivity index (χ1n) is 5.89. The maximum Gasteiger partial charge on any atom is 0.337 e. The Morgan fingerprint density at radius 1 is 1.15 bits per heavy atom. The zero-order valence-electron chi connectivity index (χ0n) is 11.4. The lowest BCUT2D eigenvalue weighted by atomic mass is 10.3. The topological polar surface area (TPSA) is 73.3 Å². The summed E-state index contributed by atoms with van der Waals surface area (Å²) in [4.78, 5) is 25.8. The summed E-state index contributed by atoms with van der Waals surface area (Å²) in [6.07, 6.45) is 0. The van der Waals surface area contributed by atoms with E-state index in [9.17, 15) is 14.0 Å². The zero-order chi connectivity index (χ0) is 15.0. The number of benzene rings is 1. The van der Waals surface area contributed by atoms with Gasteiger partial charge in [0.1, 0.15) is 17.3 Å². The lowest BCUT2D eigenvalue weighted by Gasteiger charge is -2.21. The third kappa shape index (κ3) is 2.07. The van der Waals surface area contributed by atoms with Crippen LogP contribution in [0.5, 0.6) is 0 Å². The van der Waals surface area contributed by atoms with Gasteiger partial charge in [-0.2, -0.15) is 0 Å². The first-order chi connectivity index (χ1) is 9.34. The summed E-state index contributed by atoms with van der Waals surface area (Å²) < 4.78 is 15.2. The average molecular weight is 278 g/mol. The Bertz CT molecular complexity index is 760. The van der Waals surface area contributed by atoms with Crippen molar-refractivity contribution in [1.29, 1.82) is 0 Å². The van der Waals surface area contributed by atoms with E-state index in [-0.39, 0.29) is 11.5 Å². The number of nitrogen functional groups attached to an aromatic ring is 1. The molecule has 0 aliphatic carbocycles. The summed E-state index contributed by atoms with van der Waals surface area (Å²) in [6, 6.07) is 5.38. The predicted molar refractivity (Wildman–Crippen MR) is 76.0 cm³/mol. The molecule has 6 nitrogen and oxygen atoms in total. The van der Waals surface area contributed by atoms with Crippen molar-refractivity contribution < 1.29 is 4.39 Å². The van der Waals surface area contributed by atoms with E-state index >= 15 is 0 Å². The van der Waals surface area contributed by atoms with Gasteiger partial charge in [0.05, 0.1) is 5.69 Å². The summed E-state index contributed by atoms with van der Waals surface area (Å²) in [5, 5.41) is 0. The minimum absolute atomic E-state index is 0.0403. The SMILES string of the molecule is CN(C)c1c(N)c(=O)n(C)c(=O)n1-c1ccc(F)cc1. The van der Waals surface area contributed by atoms with Crippen molar-refractivity contribution in [2.75, 3.05) is 24.7 Å². The van der Waals surface area contributed by atoms with Gasteiger partial charge in [-0.1, -0.05) is 0 Å². The van der Waals surface area contributed by atoms with Crippen molar-refractivity contribution in [3.8, 4) is 5.69 Å². The quantitative estimate of drug-likeness (QED) is 0.859. The van der Waals surface area contributed by atoms with E-state index in [1.165, 1.54) is 35.9 Å². The van der Waals surface area contributed by atoms with Gasteiger partial charge in [-0.3, -0.25) is 9.36 Å². The van der Waals surface area contributed by atoms with Gasteiger partial charge in [-0.15, -0.1) is 0 Å². The fraction of sp³-hybridized carbons (Fsp3) is 0.231. The van der Waals surface area contributed by atoms with Gasteiger partial charge >= 0.3 is 5.69 Å². The van der Waals surface area contributed by atoms with Gasteiger partial charge in [0.15, 0.2) is 0 Å². The molecule has 2 rings (SSSR count). The number of nitrogens with two attached hydrogens (primary N) is 1. The minimum atomic E-state index is -0.558. The molecule has 0 aliphatic heterocycles. The van der Waals surface area contributed by atoms with E-state index < -0.39 is 17.1 Å². The van der Waals surface area contributed by atoms with Crippen molar-refractivity contribution in [1.82, 2.24) is 9.13 Å². The van der Waals surface area contributed by atoms with Gasteiger partial charge in [0, 0.05) is 21.1 Å². The normalized spacial score (nSPS) is 10.6. The second-order valence-corrected chi connectivity index (χ2v) is 4.59. The number of halogens is 1. The van der Waals surface area contributed by atoms with Crippen molar-refractivity contribution in [3.05, 3.63) is 50.9 Å². The molecular formula is C13H15FN4O2. The number of anilines is 2. The Hall–Kier alpha value is -2.57. The molecular weight excluding hydrogens is 263 g/mol. The van der Waals surface area contributed by atoms with Gasteiger partial charge in [-0.05, 0) is 24.3 Å². The van der Waals surface area contributed by atoms with Crippen LogP contribution in [0.2, 0.25) is 0 Å². The molecule has 0 spiro atoms. The van der Waals surface area contributed by atoms with E-state index in [4.69, 9.17) is 5.73 Å². The van der Waals surface area contributed by atoms with E-state index in [0.29, 0.717) is 5.69 Å². The molecule has 0 amide bonds. The average Bonchev–Trinajstić information content (AvgIpc) is 2.41. The van der Waals surface area contributed by atoms with Crippen molar-refractivity contribution in [2.24, 2.45) is 7.05 Å². The molecule has 0 aliphatic rings. The summed E-state index contributed by atoms with van der Waals surface area (Å²) in [5.74, 6) is -0.143. The highest BCUT2D eigenvalue weighted by Gasteiger charge is 2.18. The summed E-state index contributed by atoms with van der Waals surface area (Å²) in [7, 11) is 4.69. The van der Waals surface area contributed by atoms with Crippen LogP contribution in [-0.2, 0) is 7.05 Å². The van der Waals surface area contributed by atoms with Crippen LogP contribution < -0.4 is 21.9 Å². The lowest BCUT2D eigenvalue weighted by Crippen LogP contribution is -2.41. The number of hydrogen-bond donors (Lipinski definition) is 1. The van der Waals surface area contributed by atoms with Gasteiger partial charge in [0.25, 0.3) is 5.56 Å². The molecule has 2 aromatic rings. The van der Waals surface area contributed by atoms with Crippen LogP contribution in [0.4, 0.5) is 15.9 Å². The molecule has 0 atom stereocenters. The number of hydrogen-bond acceptors (Lipinski definition) is 4. The molecule has 0 radical (unpaired) electrons. The smallest absolute Gasteiger partial charge is 0.337 e. The summed E-state index contributed by atoms with van der Waals surface area (Å²) in [5.41, 5.74) is 5.10. The first kappa shape index (κ1) is 13.9. The number of nitrogens with zero attached hydrogens (tertiary/aromatic N) is 3. The highest BCUT2D eigenvalue weighted by atomic mass is 19.1. The largest absolute Gasteiger partial charge is 0.391 e. The highest BCUT2D eigenvalue weighted by molar-refractivity contribution is 5.64. The molecule has 1 aromatic heterocycles.